The van der Waals surface area contributed by atoms with Crippen molar-refractivity contribution in [3.05, 3.63) is 29.3 Å². The van der Waals surface area contributed by atoms with Gasteiger partial charge in [0.05, 0.1) is 7.11 Å². The molecule has 1 aliphatic heterocycles. The van der Waals surface area contributed by atoms with Gasteiger partial charge >= 0.3 is 5.97 Å². The third kappa shape index (κ3) is 14.2. The van der Waals surface area contributed by atoms with Crippen LogP contribution in [-0.2, 0) is 14.3 Å². The second-order valence-electron chi connectivity index (χ2n) is 5.59. The molecule has 0 radical (unpaired) electrons. The number of carbonyl (C=O) groups is 2. The van der Waals surface area contributed by atoms with Crippen LogP contribution in [0.5, 0.6) is 0 Å². The van der Waals surface area contributed by atoms with Crippen molar-refractivity contribution in [3.8, 4) is 0 Å². The van der Waals surface area contributed by atoms with Gasteiger partial charge in [0.2, 0.25) is 6.41 Å². The second kappa shape index (κ2) is 17.0. The number of aryl methyl sites for hydroxylation is 2. The van der Waals surface area contributed by atoms with Crippen LogP contribution in [0.15, 0.2) is 18.2 Å². The lowest BCUT2D eigenvalue weighted by molar-refractivity contribution is -0.137. The predicted molar refractivity (Wildman–Crippen MR) is 106 cm³/mol. The van der Waals surface area contributed by atoms with E-state index in [1.165, 1.54) is 46.4 Å². The maximum atomic E-state index is 10.2. The average molecular weight is 353 g/mol. The number of piperidine rings is 1. The molecule has 1 aromatic carbocycles. The Kier molecular flexibility index (Phi) is 17.2. The van der Waals surface area contributed by atoms with Crippen LogP contribution in [-0.4, -0.2) is 44.5 Å². The van der Waals surface area contributed by atoms with Gasteiger partial charge in [-0.3, -0.25) is 9.59 Å². The van der Waals surface area contributed by atoms with E-state index >= 15 is 0 Å². The fourth-order valence-electron chi connectivity index (χ4n) is 2.15. The summed E-state index contributed by atoms with van der Waals surface area (Å²) in [6.45, 7) is 11.9. The van der Waals surface area contributed by atoms with Gasteiger partial charge in [-0.25, -0.2) is 0 Å². The maximum Gasteiger partial charge on any atom is 0.302 e. The van der Waals surface area contributed by atoms with Crippen molar-refractivity contribution in [1.29, 1.82) is 0 Å². The number of hydrogen-bond acceptors (Lipinski definition) is 4. The Morgan fingerprint density at radius 3 is 1.84 bits per heavy atom. The number of para-hydroxylation sites is 1. The number of nitrogens with zero attached hydrogens (tertiary/aromatic N) is 1. The number of benzene rings is 1. The van der Waals surface area contributed by atoms with E-state index in [-0.39, 0.29) is 5.97 Å². The van der Waals surface area contributed by atoms with Crippen molar-refractivity contribution < 1.29 is 14.3 Å². The van der Waals surface area contributed by atoms with Crippen LogP contribution in [0.25, 0.3) is 0 Å². The van der Waals surface area contributed by atoms with Crippen molar-refractivity contribution >= 4 is 18.1 Å². The summed E-state index contributed by atoms with van der Waals surface area (Å²) in [6.07, 6.45) is 4.98. The van der Waals surface area contributed by atoms with E-state index in [9.17, 15) is 9.59 Å². The minimum absolute atomic E-state index is 0.245. The number of likely N-dealkylation sites (tertiary alicyclic amines) is 1. The van der Waals surface area contributed by atoms with Gasteiger partial charge in [-0.1, -0.05) is 38.5 Å². The molecule has 5 heteroatoms. The van der Waals surface area contributed by atoms with Gasteiger partial charge in [-0.05, 0) is 58.0 Å². The van der Waals surface area contributed by atoms with Gasteiger partial charge in [0.1, 0.15) is 0 Å². The molecule has 5 nitrogen and oxygen atoms in total. The molecule has 0 atom stereocenters. The monoisotopic (exact) mass is 352 g/mol. The third-order valence-corrected chi connectivity index (χ3v) is 3.55. The smallest absolute Gasteiger partial charge is 0.302 e. The van der Waals surface area contributed by atoms with E-state index in [0.29, 0.717) is 6.41 Å². The summed E-state index contributed by atoms with van der Waals surface area (Å²) in [5.74, 6) is -0.245. The SMILES string of the molecule is CC.CN1CCCCC1.COC(C)=O.Cc1cccc(C)c1NC=O. The Morgan fingerprint density at radius 2 is 1.56 bits per heavy atom. The topological polar surface area (TPSA) is 58.6 Å². The lowest BCUT2D eigenvalue weighted by Gasteiger charge is -2.20. The quantitative estimate of drug-likeness (QED) is 0.641. The van der Waals surface area contributed by atoms with Crippen LogP contribution in [0.1, 0.15) is 51.2 Å². The highest BCUT2D eigenvalue weighted by Gasteiger charge is 2.02. The van der Waals surface area contributed by atoms with E-state index in [4.69, 9.17) is 0 Å². The highest BCUT2D eigenvalue weighted by Crippen LogP contribution is 2.17. The zero-order valence-electron chi connectivity index (χ0n) is 17.0. The number of hydrogen-bond donors (Lipinski definition) is 1. The fourth-order valence-corrected chi connectivity index (χ4v) is 2.15. The summed E-state index contributed by atoms with van der Waals surface area (Å²) in [6, 6.07) is 5.91. The summed E-state index contributed by atoms with van der Waals surface area (Å²) in [5, 5.41) is 2.66. The van der Waals surface area contributed by atoms with Crippen LogP contribution in [0.2, 0.25) is 0 Å². The molecule has 0 spiro atoms. The lowest BCUT2D eigenvalue weighted by Crippen LogP contribution is -2.24. The van der Waals surface area contributed by atoms with Gasteiger partial charge in [0.15, 0.2) is 0 Å². The predicted octanol–water partition coefficient (Wildman–Crippen LogP) is 4.18. The Labute approximate surface area is 153 Å². The van der Waals surface area contributed by atoms with E-state index < -0.39 is 0 Å². The zero-order chi connectivity index (χ0) is 19.7. The number of nitrogens with one attached hydrogen (secondary N) is 1. The molecule has 2 rings (SSSR count). The van der Waals surface area contributed by atoms with Gasteiger partial charge in [0, 0.05) is 12.6 Å². The molecule has 0 unspecified atom stereocenters. The first-order valence-electron chi connectivity index (χ1n) is 8.91. The minimum Gasteiger partial charge on any atom is -0.469 e. The van der Waals surface area contributed by atoms with Crippen molar-refractivity contribution in [1.82, 2.24) is 4.90 Å². The zero-order valence-corrected chi connectivity index (χ0v) is 17.0. The van der Waals surface area contributed by atoms with Gasteiger partial charge in [0.25, 0.3) is 0 Å². The number of ether oxygens (including phenoxy) is 1. The molecule has 1 amide bonds. The van der Waals surface area contributed by atoms with Crippen molar-refractivity contribution in [2.45, 2.75) is 53.9 Å². The number of methoxy groups -OCH3 is 1. The molecule has 1 aromatic rings. The summed E-state index contributed by atoms with van der Waals surface area (Å²) >= 11 is 0. The maximum absolute atomic E-state index is 10.2. The molecular formula is C20H36N2O3. The molecule has 0 aromatic heterocycles. The van der Waals surface area contributed by atoms with Crippen LogP contribution < -0.4 is 5.32 Å². The number of rotatable bonds is 2. The minimum atomic E-state index is -0.245. The number of amides is 1. The first-order valence-corrected chi connectivity index (χ1v) is 8.91. The van der Waals surface area contributed by atoms with Crippen LogP contribution in [0.3, 0.4) is 0 Å². The summed E-state index contributed by atoms with van der Waals surface area (Å²) in [7, 11) is 3.54. The normalized spacial score (nSPS) is 12.8. The first-order chi connectivity index (χ1) is 11.9. The summed E-state index contributed by atoms with van der Waals surface area (Å²) < 4.78 is 4.11. The molecule has 1 saturated heterocycles. The van der Waals surface area contributed by atoms with E-state index in [1.807, 2.05) is 45.9 Å². The molecule has 1 fully saturated rings. The number of esters is 1. The summed E-state index contributed by atoms with van der Waals surface area (Å²) in [5.41, 5.74) is 3.11. The van der Waals surface area contributed by atoms with Gasteiger partial charge in [-0.15, -0.1) is 0 Å². The molecule has 25 heavy (non-hydrogen) atoms. The molecular weight excluding hydrogens is 316 g/mol. The molecule has 1 aliphatic rings. The van der Waals surface area contributed by atoms with Crippen molar-refractivity contribution in [3.63, 3.8) is 0 Å². The third-order valence-electron chi connectivity index (χ3n) is 3.55. The van der Waals surface area contributed by atoms with E-state index in [2.05, 4.69) is 22.0 Å². The Hall–Kier alpha value is -1.88. The lowest BCUT2D eigenvalue weighted by atomic mass is 10.1. The Morgan fingerprint density at radius 1 is 1.12 bits per heavy atom. The first kappa shape index (κ1) is 25.4. The standard InChI is InChI=1S/C9H11NO.C6H13N.C3H6O2.C2H6/c1-7-4-3-5-8(2)9(7)10-6-11;1-7-5-3-2-4-6-7;1-3(4)5-2;1-2/h3-6H,1-2H3,(H,10,11);2-6H2,1H3;1-2H3;1-2H3. The van der Waals surface area contributed by atoms with Crippen LogP contribution >= 0.6 is 0 Å². The highest BCUT2D eigenvalue weighted by molar-refractivity contribution is 5.75. The van der Waals surface area contributed by atoms with Gasteiger partial charge in [-0.2, -0.15) is 0 Å². The molecule has 0 aliphatic carbocycles. The van der Waals surface area contributed by atoms with Crippen molar-refractivity contribution in [2.75, 3.05) is 32.6 Å². The van der Waals surface area contributed by atoms with Crippen molar-refractivity contribution in [2.24, 2.45) is 0 Å². The molecule has 144 valence electrons. The fraction of sp³-hybridized carbons (Fsp3) is 0.600. The average Bonchev–Trinajstić information content (AvgIpc) is 2.62. The molecule has 0 bridgehead atoms. The highest BCUT2D eigenvalue weighted by atomic mass is 16.5. The largest absolute Gasteiger partial charge is 0.469 e. The van der Waals surface area contributed by atoms with E-state index in [1.54, 1.807) is 0 Å². The number of carbonyl (C=O) groups excluding carboxylic acids is 2. The Balaban J connectivity index is 0. The van der Waals surface area contributed by atoms with Gasteiger partial charge < -0.3 is 15.0 Å². The van der Waals surface area contributed by atoms with Crippen LogP contribution in [0, 0.1) is 13.8 Å². The molecule has 1 N–H and O–H groups in total. The Bertz CT molecular complexity index is 450. The summed E-state index contributed by atoms with van der Waals surface area (Å²) in [4.78, 5) is 22.2. The molecule has 0 saturated carbocycles. The molecule has 1 heterocycles. The van der Waals surface area contributed by atoms with E-state index in [0.717, 1.165) is 16.8 Å². The second-order valence-corrected chi connectivity index (χ2v) is 5.59. The number of anilines is 1. The van der Waals surface area contributed by atoms with Crippen LogP contribution in [0.4, 0.5) is 5.69 Å².